The van der Waals surface area contributed by atoms with E-state index in [1.165, 1.54) is 17.6 Å². The van der Waals surface area contributed by atoms with Crippen LogP contribution >= 0.6 is 11.3 Å². The summed E-state index contributed by atoms with van der Waals surface area (Å²) in [5.74, 6) is -0.0474. The molecule has 1 saturated heterocycles. The molecular formula is C19H17NO6S2. The lowest BCUT2D eigenvalue weighted by atomic mass is 10.1. The van der Waals surface area contributed by atoms with E-state index in [0.717, 1.165) is 0 Å². The summed E-state index contributed by atoms with van der Waals surface area (Å²) < 4.78 is 33.9. The number of carbonyl (C=O) groups excluding carboxylic acids is 2. The molecule has 0 radical (unpaired) electrons. The summed E-state index contributed by atoms with van der Waals surface area (Å²) in [5.41, 5.74) is 1.57. The van der Waals surface area contributed by atoms with Crippen LogP contribution in [0.25, 0.3) is 11.0 Å². The second kappa shape index (κ2) is 7.40. The summed E-state index contributed by atoms with van der Waals surface area (Å²) in [6.07, 6.45) is 1.84. The van der Waals surface area contributed by atoms with Crippen LogP contribution in [-0.4, -0.2) is 44.3 Å². The van der Waals surface area contributed by atoms with Crippen LogP contribution in [0.2, 0.25) is 0 Å². The molecule has 2 aromatic heterocycles. The predicted octanol–water partition coefficient (Wildman–Crippen LogP) is 2.41. The third-order valence-electron chi connectivity index (χ3n) is 4.54. The van der Waals surface area contributed by atoms with E-state index in [1.807, 2.05) is 5.38 Å². The molecule has 4 rings (SSSR count). The van der Waals surface area contributed by atoms with Crippen molar-refractivity contribution in [1.29, 1.82) is 0 Å². The fraction of sp³-hybridized carbons (Fsp3) is 0.263. The number of thiophene rings is 1. The van der Waals surface area contributed by atoms with Gasteiger partial charge in [-0.05, 0) is 36.1 Å². The van der Waals surface area contributed by atoms with Crippen LogP contribution < -0.4 is 10.1 Å². The van der Waals surface area contributed by atoms with E-state index < -0.39 is 9.84 Å². The zero-order valence-corrected chi connectivity index (χ0v) is 16.3. The summed E-state index contributed by atoms with van der Waals surface area (Å²) in [6.45, 7) is -0.242. The second-order valence-electron chi connectivity index (χ2n) is 6.60. The number of fused-ring (bicyclic) bond motifs is 1. The van der Waals surface area contributed by atoms with Crippen LogP contribution in [0.15, 0.2) is 45.7 Å². The minimum absolute atomic E-state index is 0.0340. The standard InChI is InChI=1S/C19H17NO6S2/c21-18(20-13-4-6-28(23,24)11-13)9-25-14-1-2-17-15(7-14)16(8-26-17)19(22)12-3-5-27-10-12/h1-3,5,7-8,10,13H,4,6,9,11H2,(H,20,21)/t13-/m0/s1. The van der Waals surface area contributed by atoms with Crippen molar-refractivity contribution in [2.45, 2.75) is 12.5 Å². The number of rotatable bonds is 6. The SMILES string of the molecule is O=C(COc1ccc2occ(C(=O)c3ccsc3)c2c1)N[C@H]1CCS(=O)(=O)C1. The van der Waals surface area contributed by atoms with Gasteiger partial charge in [0, 0.05) is 22.4 Å². The maximum Gasteiger partial charge on any atom is 0.258 e. The van der Waals surface area contributed by atoms with E-state index >= 15 is 0 Å². The topological polar surface area (TPSA) is 103 Å². The number of benzene rings is 1. The molecule has 9 heteroatoms. The summed E-state index contributed by atoms with van der Waals surface area (Å²) in [7, 11) is -3.05. The van der Waals surface area contributed by atoms with Crippen LogP contribution in [0.4, 0.5) is 0 Å². The van der Waals surface area contributed by atoms with Gasteiger partial charge in [-0.15, -0.1) is 0 Å². The zero-order valence-electron chi connectivity index (χ0n) is 14.7. The van der Waals surface area contributed by atoms with Crippen molar-refractivity contribution >= 4 is 43.8 Å². The first-order chi connectivity index (χ1) is 13.4. The van der Waals surface area contributed by atoms with Crippen molar-refractivity contribution in [1.82, 2.24) is 5.32 Å². The maximum absolute atomic E-state index is 12.6. The Morgan fingerprint density at radius 2 is 2.14 bits per heavy atom. The number of carbonyl (C=O) groups is 2. The zero-order chi connectivity index (χ0) is 19.7. The van der Waals surface area contributed by atoms with E-state index in [0.29, 0.717) is 34.3 Å². The molecule has 3 heterocycles. The van der Waals surface area contributed by atoms with E-state index in [2.05, 4.69) is 5.32 Å². The van der Waals surface area contributed by atoms with Gasteiger partial charge in [-0.3, -0.25) is 9.59 Å². The molecule has 1 atom stereocenters. The Kier molecular flexibility index (Phi) is 4.94. The molecular weight excluding hydrogens is 402 g/mol. The van der Waals surface area contributed by atoms with E-state index in [9.17, 15) is 18.0 Å². The number of hydrogen-bond donors (Lipinski definition) is 1. The molecule has 0 aliphatic carbocycles. The fourth-order valence-corrected chi connectivity index (χ4v) is 5.46. The molecule has 1 amide bonds. The van der Waals surface area contributed by atoms with Crippen LogP contribution in [0.3, 0.4) is 0 Å². The lowest BCUT2D eigenvalue weighted by molar-refractivity contribution is -0.123. The monoisotopic (exact) mass is 419 g/mol. The predicted molar refractivity (Wildman–Crippen MR) is 105 cm³/mol. The van der Waals surface area contributed by atoms with Gasteiger partial charge >= 0.3 is 0 Å². The van der Waals surface area contributed by atoms with Gasteiger partial charge in [0.1, 0.15) is 17.6 Å². The first-order valence-corrected chi connectivity index (χ1v) is 11.4. The number of hydrogen-bond acceptors (Lipinski definition) is 7. The number of ether oxygens (including phenoxy) is 1. The van der Waals surface area contributed by atoms with Crippen LogP contribution in [0, 0.1) is 0 Å². The molecule has 1 aliphatic rings. The number of nitrogens with one attached hydrogen (secondary N) is 1. The van der Waals surface area contributed by atoms with E-state index in [-0.39, 0.29) is 35.8 Å². The summed E-state index contributed by atoms with van der Waals surface area (Å²) in [5, 5.41) is 6.88. The Balaban J connectivity index is 1.44. The van der Waals surface area contributed by atoms with Gasteiger partial charge in [-0.2, -0.15) is 11.3 Å². The third kappa shape index (κ3) is 3.95. The summed E-state index contributed by atoms with van der Waals surface area (Å²) in [4.78, 5) is 24.6. The van der Waals surface area contributed by atoms with Gasteiger partial charge in [0.15, 0.2) is 22.2 Å². The molecule has 0 bridgehead atoms. The number of sulfone groups is 1. The van der Waals surface area contributed by atoms with Gasteiger partial charge in [-0.1, -0.05) is 0 Å². The van der Waals surface area contributed by atoms with Crippen LogP contribution in [-0.2, 0) is 14.6 Å². The minimum atomic E-state index is -3.05. The fourth-order valence-electron chi connectivity index (χ4n) is 3.15. The molecule has 146 valence electrons. The van der Waals surface area contributed by atoms with Gasteiger partial charge in [0.25, 0.3) is 5.91 Å². The van der Waals surface area contributed by atoms with Crippen molar-refractivity contribution in [2.24, 2.45) is 0 Å². The van der Waals surface area contributed by atoms with Crippen molar-refractivity contribution in [3.8, 4) is 5.75 Å². The Hall–Kier alpha value is -2.65. The molecule has 0 saturated carbocycles. The average Bonchev–Trinajstić information content (AvgIpc) is 3.39. The van der Waals surface area contributed by atoms with Gasteiger partial charge in [0.2, 0.25) is 0 Å². The van der Waals surface area contributed by atoms with E-state index in [1.54, 1.807) is 29.6 Å². The number of amides is 1. The Morgan fingerprint density at radius 3 is 2.86 bits per heavy atom. The lowest BCUT2D eigenvalue weighted by Gasteiger charge is -2.11. The Labute approximate surface area is 165 Å². The van der Waals surface area contributed by atoms with Crippen molar-refractivity contribution in [3.05, 3.63) is 52.4 Å². The van der Waals surface area contributed by atoms with Gasteiger partial charge in [0.05, 0.1) is 17.1 Å². The smallest absolute Gasteiger partial charge is 0.258 e. The summed E-state index contributed by atoms with van der Waals surface area (Å²) in [6, 6.07) is 6.37. The normalized spacial score (nSPS) is 18.2. The molecule has 3 aromatic rings. The molecule has 7 nitrogen and oxygen atoms in total. The number of ketones is 1. The van der Waals surface area contributed by atoms with Gasteiger partial charge < -0.3 is 14.5 Å². The molecule has 1 fully saturated rings. The quantitative estimate of drug-likeness (QED) is 0.616. The molecule has 0 unspecified atom stereocenters. The van der Waals surface area contributed by atoms with Crippen LogP contribution in [0.5, 0.6) is 5.75 Å². The highest BCUT2D eigenvalue weighted by Crippen LogP contribution is 2.28. The number of furan rings is 1. The highest BCUT2D eigenvalue weighted by molar-refractivity contribution is 7.91. The van der Waals surface area contributed by atoms with Crippen LogP contribution in [0.1, 0.15) is 22.3 Å². The highest BCUT2D eigenvalue weighted by atomic mass is 32.2. The lowest BCUT2D eigenvalue weighted by Crippen LogP contribution is -2.38. The maximum atomic E-state index is 12.6. The molecule has 1 aliphatic heterocycles. The minimum Gasteiger partial charge on any atom is -0.484 e. The molecule has 28 heavy (non-hydrogen) atoms. The highest BCUT2D eigenvalue weighted by Gasteiger charge is 2.28. The Morgan fingerprint density at radius 1 is 1.29 bits per heavy atom. The molecule has 0 spiro atoms. The van der Waals surface area contributed by atoms with E-state index in [4.69, 9.17) is 9.15 Å². The molecule has 1 aromatic carbocycles. The largest absolute Gasteiger partial charge is 0.484 e. The average molecular weight is 419 g/mol. The third-order valence-corrected chi connectivity index (χ3v) is 6.99. The van der Waals surface area contributed by atoms with Crippen molar-refractivity contribution < 1.29 is 27.2 Å². The summed E-state index contributed by atoms with van der Waals surface area (Å²) >= 11 is 1.44. The first-order valence-electron chi connectivity index (χ1n) is 8.62. The van der Waals surface area contributed by atoms with Crippen molar-refractivity contribution in [3.63, 3.8) is 0 Å². The van der Waals surface area contributed by atoms with Crippen molar-refractivity contribution in [2.75, 3.05) is 18.1 Å². The first kappa shape index (κ1) is 18.7. The van der Waals surface area contributed by atoms with Gasteiger partial charge in [-0.25, -0.2) is 8.42 Å². The Bertz CT molecular complexity index is 1130. The second-order valence-corrected chi connectivity index (χ2v) is 9.61. The molecule has 1 N–H and O–H groups in total.